The van der Waals surface area contributed by atoms with Crippen molar-refractivity contribution in [2.45, 2.75) is 63.8 Å². The Morgan fingerprint density at radius 2 is 1.47 bits per heavy atom. The van der Waals surface area contributed by atoms with E-state index in [1.807, 2.05) is 0 Å². The second kappa shape index (κ2) is 6.75. The van der Waals surface area contributed by atoms with Crippen LogP contribution in [0.15, 0.2) is 0 Å². The largest absolute Gasteiger partial charge is 0.330 e. The Labute approximate surface area is 107 Å². The molecule has 2 aliphatic carbocycles. The van der Waals surface area contributed by atoms with Gasteiger partial charge in [-0.15, -0.1) is 0 Å². The van der Waals surface area contributed by atoms with Crippen molar-refractivity contribution < 1.29 is 0 Å². The molecule has 0 spiro atoms. The molecule has 2 fully saturated rings. The first-order valence-corrected chi connectivity index (χ1v) is 7.70. The van der Waals surface area contributed by atoms with E-state index in [0.29, 0.717) is 0 Å². The highest BCUT2D eigenvalue weighted by Crippen LogP contribution is 2.30. The third kappa shape index (κ3) is 3.96. The monoisotopic (exact) mass is 238 g/mol. The van der Waals surface area contributed by atoms with E-state index in [9.17, 15) is 0 Å². The SMILES string of the molecule is CN(CC1CCC(CN)CC1)C1CCCCC1. The maximum Gasteiger partial charge on any atom is 0.00923 e. The normalized spacial score (nSPS) is 31.9. The predicted molar refractivity (Wildman–Crippen MR) is 74.0 cm³/mol. The summed E-state index contributed by atoms with van der Waals surface area (Å²) < 4.78 is 0. The van der Waals surface area contributed by atoms with Gasteiger partial charge in [-0.1, -0.05) is 19.3 Å². The third-order valence-corrected chi connectivity index (χ3v) is 5.04. The summed E-state index contributed by atoms with van der Waals surface area (Å²) in [5.74, 6) is 1.77. The smallest absolute Gasteiger partial charge is 0.00923 e. The molecule has 2 N–H and O–H groups in total. The van der Waals surface area contributed by atoms with Crippen molar-refractivity contribution in [2.24, 2.45) is 17.6 Å². The molecule has 2 rings (SSSR count). The van der Waals surface area contributed by atoms with Crippen LogP contribution in [0, 0.1) is 11.8 Å². The van der Waals surface area contributed by atoms with Gasteiger partial charge in [-0.3, -0.25) is 0 Å². The van der Waals surface area contributed by atoms with Crippen LogP contribution >= 0.6 is 0 Å². The van der Waals surface area contributed by atoms with Crippen LogP contribution < -0.4 is 5.73 Å². The van der Waals surface area contributed by atoms with E-state index in [0.717, 1.165) is 24.4 Å². The predicted octanol–water partition coefficient (Wildman–Crippen LogP) is 3.02. The van der Waals surface area contributed by atoms with Crippen LogP contribution in [0.1, 0.15) is 57.8 Å². The van der Waals surface area contributed by atoms with Gasteiger partial charge in [0.05, 0.1) is 0 Å². The lowest BCUT2D eigenvalue weighted by Gasteiger charge is -2.36. The van der Waals surface area contributed by atoms with Crippen molar-refractivity contribution in [3.63, 3.8) is 0 Å². The number of nitrogens with two attached hydrogens (primary N) is 1. The van der Waals surface area contributed by atoms with Gasteiger partial charge >= 0.3 is 0 Å². The molecule has 2 aliphatic rings. The van der Waals surface area contributed by atoms with Gasteiger partial charge in [-0.2, -0.15) is 0 Å². The highest BCUT2D eigenvalue weighted by atomic mass is 15.1. The van der Waals surface area contributed by atoms with E-state index < -0.39 is 0 Å². The lowest BCUT2D eigenvalue weighted by molar-refractivity contribution is 0.141. The zero-order chi connectivity index (χ0) is 12.1. The second-order valence-electron chi connectivity index (χ2n) is 6.35. The van der Waals surface area contributed by atoms with Crippen LogP contribution in [0.2, 0.25) is 0 Å². The molecule has 0 unspecified atom stereocenters. The Bertz CT molecular complexity index is 203. The third-order valence-electron chi connectivity index (χ3n) is 5.04. The number of hydrogen-bond donors (Lipinski definition) is 1. The van der Waals surface area contributed by atoms with Gasteiger partial charge in [0.1, 0.15) is 0 Å². The highest BCUT2D eigenvalue weighted by Gasteiger charge is 2.24. The Balaban J connectivity index is 1.69. The van der Waals surface area contributed by atoms with Crippen LogP contribution in [0.5, 0.6) is 0 Å². The van der Waals surface area contributed by atoms with E-state index in [4.69, 9.17) is 5.73 Å². The zero-order valence-corrected chi connectivity index (χ0v) is 11.5. The topological polar surface area (TPSA) is 29.3 Å². The van der Waals surface area contributed by atoms with Crippen molar-refractivity contribution >= 4 is 0 Å². The van der Waals surface area contributed by atoms with E-state index >= 15 is 0 Å². The molecule has 100 valence electrons. The number of hydrogen-bond acceptors (Lipinski definition) is 2. The minimum Gasteiger partial charge on any atom is -0.330 e. The first-order chi connectivity index (χ1) is 8.29. The van der Waals surface area contributed by atoms with Crippen molar-refractivity contribution in [1.29, 1.82) is 0 Å². The molecule has 0 aliphatic heterocycles. The zero-order valence-electron chi connectivity index (χ0n) is 11.5. The van der Waals surface area contributed by atoms with Crippen LogP contribution in [-0.4, -0.2) is 31.1 Å². The van der Waals surface area contributed by atoms with Crippen LogP contribution in [-0.2, 0) is 0 Å². The molecule has 0 radical (unpaired) electrons. The maximum atomic E-state index is 5.76. The molecule has 0 saturated heterocycles. The molecular formula is C15H30N2. The summed E-state index contributed by atoms with van der Waals surface area (Å²) >= 11 is 0. The highest BCUT2D eigenvalue weighted by molar-refractivity contribution is 4.79. The summed E-state index contributed by atoms with van der Waals surface area (Å²) in [5, 5.41) is 0. The summed E-state index contributed by atoms with van der Waals surface area (Å²) in [7, 11) is 2.35. The summed E-state index contributed by atoms with van der Waals surface area (Å²) in [6.45, 7) is 2.24. The minimum atomic E-state index is 0.825. The lowest BCUT2D eigenvalue weighted by Crippen LogP contribution is -2.38. The summed E-state index contributed by atoms with van der Waals surface area (Å²) in [5.41, 5.74) is 5.76. The lowest BCUT2D eigenvalue weighted by atomic mass is 9.81. The molecule has 2 saturated carbocycles. The van der Waals surface area contributed by atoms with E-state index in [2.05, 4.69) is 11.9 Å². The fourth-order valence-corrected chi connectivity index (χ4v) is 3.73. The quantitative estimate of drug-likeness (QED) is 0.816. The van der Waals surface area contributed by atoms with Crippen LogP contribution in [0.3, 0.4) is 0 Å². The molecule has 0 heterocycles. The molecule has 2 heteroatoms. The van der Waals surface area contributed by atoms with E-state index in [1.165, 1.54) is 64.3 Å². The maximum absolute atomic E-state index is 5.76. The molecule has 0 atom stereocenters. The Kier molecular flexibility index (Phi) is 5.30. The van der Waals surface area contributed by atoms with Gasteiger partial charge in [-0.05, 0) is 64.0 Å². The van der Waals surface area contributed by atoms with E-state index in [-0.39, 0.29) is 0 Å². The standard InChI is InChI=1S/C15H30N2/c1-17(15-5-3-2-4-6-15)12-14-9-7-13(11-16)8-10-14/h13-15H,2-12,16H2,1H3. The molecule has 0 aromatic carbocycles. The Hall–Kier alpha value is -0.0800. The first kappa shape index (κ1) is 13.4. The first-order valence-electron chi connectivity index (χ1n) is 7.70. The molecule has 17 heavy (non-hydrogen) atoms. The molecule has 0 aromatic rings. The average molecular weight is 238 g/mol. The van der Waals surface area contributed by atoms with Gasteiger partial charge in [0, 0.05) is 12.6 Å². The molecule has 0 aromatic heterocycles. The summed E-state index contributed by atoms with van der Waals surface area (Å²) in [4.78, 5) is 2.66. The fourth-order valence-electron chi connectivity index (χ4n) is 3.73. The molecule has 2 nitrogen and oxygen atoms in total. The Morgan fingerprint density at radius 1 is 0.882 bits per heavy atom. The summed E-state index contributed by atoms with van der Waals surface area (Å²) in [6, 6.07) is 0.885. The van der Waals surface area contributed by atoms with Crippen LogP contribution in [0.25, 0.3) is 0 Å². The van der Waals surface area contributed by atoms with Gasteiger partial charge in [-0.25, -0.2) is 0 Å². The van der Waals surface area contributed by atoms with Crippen molar-refractivity contribution in [3.8, 4) is 0 Å². The average Bonchev–Trinajstić information content (AvgIpc) is 2.40. The van der Waals surface area contributed by atoms with E-state index in [1.54, 1.807) is 0 Å². The van der Waals surface area contributed by atoms with Gasteiger partial charge in [0.25, 0.3) is 0 Å². The van der Waals surface area contributed by atoms with Crippen molar-refractivity contribution in [1.82, 2.24) is 4.90 Å². The molecule has 0 bridgehead atoms. The fraction of sp³-hybridized carbons (Fsp3) is 1.00. The second-order valence-corrected chi connectivity index (χ2v) is 6.35. The minimum absolute atomic E-state index is 0.825. The summed E-state index contributed by atoms with van der Waals surface area (Å²) in [6.07, 6.45) is 12.8. The van der Waals surface area contributed by atoms with Gasteiger partial charge in [0.15, 0.2) is 0 Å². The van der Waals surface area contributed by atoms with Crippen LogP contribution in [0.4, 0.5) is 0 Å². The Morgan fingerprint density at radius 3 is 2.06 bits per heavy atom. The molecular weight excluding hydrogens is 208 g/mol. The van der Waals surface area contributed by atoms with Gasteiger partial charge in [0.2, 0.25) is 0 Å². The van der Waals surface area contributed by atoms with Crippen molar-refractivity contribution in [3.05, 3.63) is 0 Å². The van der Waals surface area contributed by atoms with Crippen molar-refractivity contribution in [2.75, 3.05) is 20.1 Å². The molecule has 0 amide bonds. The number of nitrogens with zero attached hydrogens (tertiary/aromatic N) is 1. The van der Waals surface area contributed by atoms with Gasteiger partial charge < -0.3 is 10.6 Å². The number of rotatable bonds is 4.